The van der Waals surface area contributed by atoms with Crippen LogP contribution in [0.4, 0.5) is 5.69 Å². The first kappa shape index (κ1) is 19.9. The van der Waals surface area contributed by atoms with Crippen LogP contribution in [0.2, 0.25) is 5.02 Å². The van der Waals surface area contributed by atoms with Gasteiger partial charge in [-0.25, -0.2) is 0 Å². The number of hydrogen-bond acceptors (Lipinski definition) is 5. The molecule has 3 rings (SSSR count). The van der Waals surface area contributed by atoms with Gasteiger partial charge in [0.2, 0.25) is 11.7 Å². The van der Waals surface area contributed by atoms with Crippen molar-refractivity contribution in [2.75, 3.05) is 11.9 Å². The molecule has 1 heterocycles. The minimum absolute atomic E-state index is 0.118. The fourth-order valence-electron chi connectivity index (χ4n) is 2.56. The van der Waals surface area contributed by atoms with E-state index in [0.717, 1.165) is 30.4 Å². The van der Waals surface area contributed by atoms with Gasteiger partial charge < -0.3 is 14.6 Å². The van der Waals surface area contributed by atoms with E-state index in [9.17, 15) is 4.79 Å². The predicted molar refractivity (Wildman–Crippen MR) is 109 cm³/mol. The molecular weight excluding hydrogens is 378 g/mol. The van der Waals surface area contributed by atoms with Crippen molar-refractivity contribution in [3.8, 4) is 17.1 Å². The monoisotopic (exact) mass is 399 g/mol. The molecule has 1 aromatic heterocycles. The summed E-state index contributed by atoms with van der Waals surface area (Å²) in [5.74, 6) is 1.48. The molecule has 1 N–H and O–H groups in total. The zero-order valence-electron chi connectivity index (χ0n) is 15.9. The Balaban J connectivity index is 1.54. The third-order valence-corrected chi connectivity index (χ3v) is 4.41. The van der Waals surface area contributed by atoms with E-state index >= 15 is 0 Å². The van der Waals surface area contributed by atoms with Gasteiger partial charge in [-0.1, -0.05) is 36.2 Å². The van der Waals surface area contributed by atoms with Crippen molar-refractivity contribution < 1.29 is 14.1 Å². The number of halogens is 1. The summed E-state index contributed by atoms with van der Waals surface area (Å²) in [5.41, 5.74) is 2.42. The molecule has 3 aromatic rings. The van der Waals surface area contributed by atoms with Crippen molar-refractivity contribution in [2.45, 2.75) is 33.1 Å². The maximum atomic E-state index is 12.1. The molecule has 1 amide bonds. The molecule has 7 heteroatoms. The van der Waals surface area contributed by atoms with E-state index in [-0.39, 0.29) is 12.5 Å². The molecule has 0 atom stereocenters. The van der Waals surface area contributed by atoms with E-state index in [2.05, 4.69) is 22.4 Å². The van der Waals surface area contributed by atoms with Crippen LogP contribution in [0.5, 0.6) is 5.75 Å². The van der Waals surface area contributed by atoms with Gasteiger partial charge >= 0.3 is 0 Å². The van der Waals surface area contributed by atoms with E-state index in [1.54, 1.807) is 24.3 Å². The smallest absolute Gasteiger partial charge is 0.262 e. The number of amides is 1. The highest BCUT2D eigenvalue weighted by molar-refractivity contribution is 6.33. The normalized spacial score (nSPS) is 10.7. The number of nitrogens with zero attached hydrogens (tertiary/aromatic N) is 2. The fourth-order valence-corrected chi connectivity index (χ4v) is 2.84. The van der Waals surface area contributed by atoms with Crippen LogP contribution >= 0.6 is 11.6 Å². The number of anilines is 1. The number of benzene rings is 2. The summed E-state index contributed by atoms with van der Waals surface area (Å²) in [4.78, 5) is 16.5. The van der Waals surface area contributed by atoms with Gasteiger partial charge in [0.15, 0.2) is 6.61 Å². The van der Waals surface area contributed by atoms with Crippen LogP contribution in [0.1, 0.15) is 31.2 Å². The van der Waals surface area contributed by atoms with Crippen molar-refractivity contribution in [3.63, 3.8) is 0 Å². The molecule has 0 bridgehead atoms. The molecule has 28 heavy (non-hydrogen) atoms. The second-order valence-electron chi connectivity index (χ2n) is 6.46. The van der Waals surface area contributed by atoms with Crippen LogP contribution in [-0.2, 0) is 11.2 Å². The number of aromatic nitrogens is 2. The molecule has 0 fully saturated rings. The molecule has 146 valence electrons. The topological polar surface area (TPSA) is 77.2 Å². The van der Waals surface area contributed by atoms with Crippen molar-refractivity contribution in [3.05, 3.63) is 58.9 Å². The SMILES string of the molecule is CCCCc1nc(-c2ccc(OCC(=O)Nc3ccc(C)cc3Cl)cc2)no1. The molecule has 6 nitrogen and oxygen atoms in total. The van der Waals surface area contributed by atoms with Crippen LogP contribution in [0.15, 0.2) is 47.0 Å². The second kappa shape index (κ2) is 9.37. The second-order valence-corrected chi connectivity index (χ2v) is 6.87. The number of ether oxygens (including phenoxy) is 1. The summed E-state index contributed by atoms with van der Waals surface area (Å²) in [6, 6.07) is 12.6. The molecule has 0 spiro atoms. The van der Waals surface area contributed by atoms with Crippen LogP contribution in [0, 0.1) is 6.92 Å². The summed E-state index contributed by atoms with van der Waals surface area (Å²) in [7, 11) is 0. The lowest BCUT2D eigenvalue weighted by molar-refractivity contribution is -0.118. The van der Waals surface area contributed by atoms with E-state index < -0.39 is 0 Å². The molecule has 0 aliphatic carbocycles. The molecule has 0 radical (unpaired) electrons. The molecular formula is C21H22ClN3O3. The van der Waals surface area contributed by atoms with Crippen molar-refractivity contribution in [2.24, 2.45) is 0 Å². The average molecular weight is 400 g/mol. The number of aryl methyl sites for hydroxylation is 2. The van der Waals surface area contributed by atoms with Gasteiger partial charge in [0, 0.05) is 12.0 Å². The van der Waals surface area contributed by atoms with E-state index in [1.165, 1.54) is 0 Å². The Morgan fingerprint density at radius 2 is 2.00 bits per heavy atom. The molecule has 0 saturated carbocycles. The number of carbonyl (C=O) groups is 1. The molecule has 0 aliphatic heterocycles. The van der Waals surface area contributed by atoms with Gasteiger partial charge in [0.25, 0.3) is 5.91 Å². The summed E-state index contributed by atoms with van der Waals surface area (Å²) >= 11 is 6.12. The lowest BCUT2D eigenvalue weighted by Crippen LogP contribution is -2.20. The molecule has 2 aromatic carbocycles. The highest BCUT2D eigenvalue weighted by atomic mass is 35.5. The Morgan fingerprint density at radius 1 is 1.21 bits per heavy atom. The van der Waals surface area contributed by atoms with Gasteiger partial charge in [-0.15, -0.1) is 0 Å². The Hall–Kier alpha value is -2.86. The first-order valence-corrected chi connectivity index (χ1v) is 9.55. The zero-order chi connectivity index (χ0) is 19.9. The van der Waals surface area contributed by atoms with E-state index in [4.69, 9.17) is 20.9 Å². The Labute approximate surface area is 168 Å². The number of hydrogen-bond donors (Lipinski definition) is 1. The van der Waals surface area contributed by atoms with Crippen molar-refractivity contribution in [1.29, 1.82) is 0 Å². The quantitative estimate of drug-likeness (QED) is 0.573. The minimum Gasteiger partial charge on any atom is -0.484 e. The molecule has 0 aliphatic rings. The number of carbonyl (C=O) groups excluding carboxylic acids is 1. The van der Waals surface area contributed by atoms with Gasteiger partial charge in [-0.05, 0) is 55.3 Å². The summed E-state index contributed by atoms with van der Waals surface area (Å²) in [6.07, 6.45) is 2.88. The number of nitrogens with one attached hydrogen (secondary N) is 1. The highest BCUT2D eigenvalue weighted by Gasteiger charge is 2.10. The lowest BCUT2D eigenvalue weighted by Gasteiger charge is -2.09. The number of rotatable bonds is 8. The van der Waals surface area contributed by atoms with Gasteiger partial charge in [-0.3, -0.25) is 4.79 Å². The predicted octanol–water partition coefficient (Wildman–Crippen LogP) is 5.06. The van der Waals surface area contributed by atoms with Gasteiger partial charge in [0.1, 0.15) is 5.75 Å². The zero-order valence-corrected chi connectivity index (χ0v) is 16.6. The van der Waals surface area contributed by atoms with Crippen molar-refractivity contribution >= 4 is 23.2 Å². The standard InChI is InChI=1S/C21H22ClN3O3/c1-3-4-5-20-24-21(25-28-20)15-7-9-16(10-8-15)27-13-19(26)23-18-11-6-14(2)12-17(18)22/h6-12H,3-5,13H2,1-2H3,(H,23,26). The van der Waals surface area contributed by atoms with Crippen molar-refractivity contribution in [1.82, 2.24) is 10.1 Å². The Kier molecular flexibility index (Phi) is 6.66. The summed E-state index contributed by atoms with van der Waals surface area (Å²) in [6.45, 7) is 3.93. The van der Waals surface area contributed by atoms with Crippen LogP contribution < -0.4 is 10.1 Å². The molecule has 0 saturated heterocycles. The van der Waals surface area contributed by atoms with E-state index in [0.29, 0.717) is 28.2 Å². The highest BCUT2D eigenvalue weighted by Crippen LogP contribution is 2.23. The number of unbranched alkanes of at least 4 members (excludes halogenated alkanes) is 1. The third kappa shape index (κ3) is 5.33. The minimum atomic E-state index is -0.284. The lowest BCUT2D eigenvalue weighted by atomic mass is 10.2. The molecule has 0 unspecified atom stereocenters. The maximum absolute atomic E-state index is 12.1. The maximum Gasteiger partial charge on any atom is 0.262 e. The average Bonchev–Trinajstić information content (AvgIpc) is 3.16. The first-order valence-electron chi connectivity index (χ1n) is 9.17. The van der Waals surface area contributed by atoms with Crippen LogP contribution in [-0.4, -0.2) is 22.7 Å². The summed E-state index contributed by atoms with van der Waals surface area (Å²) < 4.78 is 10.8. The van der Waals surface area contributed by atoms with Crippen LogP contribution in [0.3, 0.4) is 0 Å². The summed E-state index contributed by atoms with van der Waals surface area (Å²) in [5, 5.41) is 7.23. The third-order valence-electron chi connectivity index (χ3n) is 4.09. The van der Waals surface area contributed by atoms with E-state index in [1.807, 2.05) is 25.1 Å². The van der Waals surface area contributed by atoms with Crippen LogP contribution in [0.25, 0.3) is 11.4 Å². The van der Waals surface area contributed by atoms with Gasteiger partial charge in [-0.2, -0.15) is 4.98 Å². The Bertz CT molecular complexity index is 938. The first-order chi connectivity index (χ1) is 13.5. The Morgan fingerprint density at radius 3 is 2.71 bits per heavy atom. The largest absolute Gasteiger partial charge is 0.484 e. The van der Waals surface area contributed by atoms with Gasteiger partial charge in [0.05, 0.1) is 10.7 Å². The fraction of sp³-hybridized carbons (Fsp3) is 0.286.